The summed E-state index contributed by atoms with van der Waals surface area (Å²) in [5.74, 6) is 0.961. The van der Waals surface area contributed by atoms with Crippen LogP contribution in [0.25, 0.3) is 0 Å². The highest BCUT2D eigenvalue weighted by Crippen LogP contribution is 2.17. The first-order chi connectivity index (χ1) is 12.7. The van der Waals surface area contributed by atoms with Gasteiger partial charge in [0, 0.05) is 38.8 Å². The van der Waals surface area contributed by atoms with Crippen molar-refractivity contribution >= 4 is 5.96 Å². The Morgan fingerprint density at radius 2 is 1.35 bits per heavy atom. The SMILES string of the molecule is CN=C(NCCCCN1CCCCC1C)NCCCN1CCCCC1C. The van der Waals surface area contributed by atoms with Crippen molar-refractivity contribution in [1.82, 2.24) is 20.4 Å². The van der Waals surface area contributed by atoms with E-state index in [4.69, 9.17) is 0 Å². The standard InChI is InChI=1S/C21H43N5/c1-19-11-4-7-15-25(19)17-9-6-13-23-21(22-3)24-14-10-18-26-16-8-5-12-20(26)2/h19-20H,4-18H2,1-3H3,(H2,22,23,24). The molecule has 0 aliphatic carbocycles. The Bertz CT molecular complexity index is 398. The van der Waals surface area contributed by atoms with Crippen LogP contribution in [-0.4, -0.2) is 74.2 Å². The smallest absolute Gasteiger partial charge is 0.190 e. The Balaban J connectivity index is 1.48. The van der Waals surface area contributed by atoms with E-state index in [0.717, 1.165) is 31.1 Å². The van der Waals surface area contributed by atoms with E-state index in [9.17, 15) is 0 Å². The fourth-order valence-corrected chi connectivity index (χ4v) is 4.34. The van der Waals surface area contributed by atoms with E-state index >= 15 is 0 Å². The Hall–Kier alpha value is -0.810. The van der Waals surface area contributed by atoms with Gasteiger partial charge in [0.05, 0.1) is 0 Å². The summed E-state index contributed by atoms with van der Waals surface area (Å²) in [6.07, 6.45) is 12.0. The molecule has 0 aromatic carbocycles. The van der Waals surface area contributed by atoms with E-state index in [1.165, 1.54) is 84.0 Å². The van der Waals surface area contributed by atoms with Crippen molar-refractivity contribution < 1.29 is 0 Å². The minimum absolute atomic E-state index is 0.767. The molecule has 2 fully saturated rings. The van der Waals surface area contributed by atoms with Crippen molar-refractivity contribution in [3.8, 4) is 0 Å². The molecule has 2 rings (SSSR count). The summed E-state index contributed by atoms with van der Waals surface area (Å²) in [7, 11) is 1.87. The van der Waals surface area contributed by atoms with Crippen LogP contribution in [0.2, 0.25) is 0 Å². The molecule has 0 saturated carbocycles. The molecule has 2 aliphatic rings. The number of nitrogens with zero attached hydrogens (tertiary/aromatic N) is 3. The summed E-state index contributed by atoms with van der Waals surface area (Å²) in [6.45, 7) is 11.8. The van der Waals surface area contributed by atoms with E-state index in [2.05, 4.69) is 39.3 Å². The number of rotatable bonds is 9. The molecule has 0 radical (unpaired) electrons. The maximum atomic E-state index is 4.36. The second-order valence-electron chi connectivity index (χ2n) is 8.25. The highest BCUT2D eigenvalue weighted by molar-refractivity contribution is 5.79. The largest absolute Gasteiger partial charge is 0.356 e. The third-order valence-electron chi connectivity index (χ3n) is 6.18. The van der Waals surface area contributed by atoms with Crippen LogP contribution in [-0.2, 0) is 0 Å². The molecule has 2 unspecified atom stereocenters. The van der Waals surface area contributed by atoms with Crippen molar-refractivity contribution in [2.75, 3.05) is 46.3 Å². The number of hydrogen-bond acceptors (Lipinski definition) is 3. The summed E-state index contributed by atoms with van der Waals surface area (Å²) in [5, 5.41) is 6.95. The van der Waals surface area contributed by atoms with Crippen LogP contribution in [0.5, 0.6) is 0 Å². The first-order valence-corrected chi connectivity index (χ1v) is 11.1. The van der Waals surface area contributed by atoms with Crippen molar-refractivity contribution in [2.45, 2.75) is 83.7 Å². The van der Waals surface area contributed by atoms with Gasteiger partial charge in [-0.2, -0.15) is 0 Å². The zero-order chi connectivity index (χ0) is 18.6. The van der Waals surface area contributed by atoms with Crippen LogP contribution in [0.3, 0.4) is 0 Å². The molecule has 26 heavy (non-hydrogen) atoms. The lowest BCUT2D eigenvalue weighted by Gasteiger charge is -2.33. The first kappa shape index (κ1) is 21.5. The first-order valence-electron chi connectivity index (χ1n) is 11.1. The van der Waals surface area contributed by atoms with Gasteiger partial charge in [0.2, 0.25) is 0 Å². The zero-order valence-corrected chi connectivity index (χ0v) is 17.6. The second kappa shape index (κ2) is 12.6. The zero-order valence-electron chi connectivity index (χ0n) is 17.6. The molecular weight excluding hydrogens is 322 g/mol. The van der Waals surface area contributed by atoms with Crippen LogP contribution in [0, 0.1) is 0 Å². The molecule has 2 N–H and O–H groups in total. The number of unbranched alkanes of at least 4 members (excludes halogenated alkanes) is 1. The quantitative estimate of drug-likeness (QED) is 0.374. The second-order valence-corrected chi connectivity index (χ2v) is 8.25. The molecule has 5 nitrogen and oxygen atoms in total. The Labute approximate surface area is 162 Å². The van der Waals surface area contributed by atoms with Crippen LogP contribution in [0.1, 0.15) is 71.6 Å². The average molecular weight is 366 g/mol. The summed E-state index contributed by atoms with van der Waals surface area (Å²) < 4.78 is 0. The number of hydrogen-bond donors (Lipinski definition) is 2. The van der Waals surface area contributed by atoms with Gasteiger partial charge in [-0.05, 0) is 78.4 Å². The molecule has 2 aliphatic heterocycles. The van der Waals surface area contributed by atoms with E-state index in [1.807, 2.05) is 7.05 Å². The summed E-state index contributed by atoms with van der Waals surface area (Å²) in [6, 6.07) is 1.55. The van der Waals surface area contributed by atoms with Gasteiger partial charge < -0.3 is 20.4 Å². The Morgan fingerprint density at radius 1 is 0.808 bits per heavy atom. The van der Waals surface area contributed by atoms with Gasteiger partial charge in [-0.3, -0.25) is 4.99 Å². The van der Waals surface area contributed by atoms with Gasteiger partial charge in [-0.15, -0.1) is 0 Å². The third kappa shape index (κ3) is 7.83. The monoisotopic (exact) mass is 365 g/mol. The van der Waals surface area contributed by atoms with Crippen molar-refractivity contribution in [3.63, 3.8) is 0 Å². The van der Waals surface area contributed by atoms with Gasteiger partial charge >= 0.3 is 0 Å². The van der Waals surface area contributed by atoms with Crippen molar-refractivity contribution in [2.24, 2.45) is 4.99 Å². The highest BCUT2D eigenvalue weighted by Gasteiger charge is 2.18. The van der Waals surface area contributed by atoms with Crippen LogP contribution >= 0.6 is 0 Å². The van der Waals surface area contributed by atoms with Crippen LogP contribution < -0.4 is 10.6 Å². The molecule has 152 valence electrons. The lowest BCUT2D eigenvalue weighted by atomic mass is 10.0. The molecule has 2 atom stereocenters. The number of nitrogens with one attached hydrogen (secondary N) is 2. The van der Waals surface area contributed by atoms with Gasteiger partial charge in [0.15, 0.2) is 5.96 Å². The molecule has 0 bridgehead atoms. The summed E-state index contributed by atoms with van der Waals surface area (Å²) in [4.78, 5) is 9.66. The maximum absolute atomic E-state index is 4.36. The molecule has 0 aromatic rings. The maximum Gasteiger partial charge on any atom is 0.190 e. The molecule has 5 heteroatoms. The van der Waals surface area contributed by atoms with E-state index in [0.29, 0.717) is 0 Å². The fraction of sp³-hybridized carbons (Fsp3) is 0.952. The lowest BCUT2D eigenvalue weighted by Crippen LogP contribution is -2.41. The third-order valence-corrected chi connectivity index (χ3v) is 6.18. The predicted octanol–water partition coefficient (Wildman–Crippen LogP) is 3.07. The number of guanidine groups is 1. The van der Waals surface area contributed by atoms with E-state index < -0.39 is 0 Å². The van der Waals surface area contributed by atoms with Gasteiger partial charge in [0.1, 0.15) is 0 Å². The fourth-order valence-electron chi connectivity index (χ4n) is 4.34. The minimum Gasteiger partial charge on any atom is -0.356 e. The number of aliphatic imine (C=N–C) groups is 1. The minimum atomic E-state index is 0.767. The summed E-state index contributed by atoms with van der Waals surface area (Å²) >= 11 is 0. The van der Waals surface area contributed by atoms with Crippen LogP contribution in [0.4, 0.5) is 0 Å². The molecule has 2 heterocycles. The molecule has 2 saturated heterocycles. The Kier molecular flexibility index (Phi) is 10.4. The molecular formula is C21H43N5. The topological polar surface area (TPSA) is 42.9 Å². The van der Waals surface area contributed by atoms with Crippen molar-refractivity contribution in [3.05, 3.63) is 0 Å². The summed E-state index contributed by atoms with van der Waals surface area (Å²) in [5.41, 5.74) is 0. The Morgan fingerprint density at radius 3 is 1.88 bits per heavy atom. The normalized spacial score (nSPS) is 26.0. The van der Waals surface area contributed by atoms with Gasteiger partial charge in [-0.25, -0.2) is 0 Å². The van der Waals surface area contributed by atoms with Gasteiger partial charge in [-0.1, -0.05) is 12.8 Å². The van der Waals surface area contributed by atoms with E-state index in [-0.39, 0.29) is 0 Å². The molecule has 0 aromatic heterocycles. The van der Waals surface area contributed by atoms with Crippen LogP contribution in [0.15, 0.2) is 4.99 Å². The predicted molar refractivity (Wildman–Crippen MR) is 113 cm³/mol. The van der Waals surface area contributed by atoms with E-state index in [1.54, 1.807) is 0 Å². The highest BCUT2D eigenvalue weighted by atomic mass is 15.2. The molecule has 0 amide bonds. The average Bonchev–Trinajstić information content (AvgIpc) is 2.66. The van der Waals surface area contributed by atoms with Gasteiger partial charge in [0.25, 0.3) is 0 Å². The molecule has 0 spiro atoms. The lowest BCUT2D eigenvalue weighted by molar-refractivity contribution is 0.158. The number of piperidine rings is 2. The van der Waals surface area contributed by atoms with Crippen molar-refractivity contribution in [1.29, 1.82) is 0 Å². The number of likely N-dealkylation sites (tertiary alicyclic amines) is 2.